The molecule has 32 heavy (non-hydrogen) atoms. The molecule has 0 spiro atoms. The first kappa shape index (κ1) is 23.3. The van der Waals surface area contributed by atoms with E-state index >= 15 is 0 Å². The summed E-state index contributed by atoms with van der Waals surface area (Å²) in [5.74, 6) is 0.112. The standard InChI is InChI=1S/C26H29NO5/c1-2-15-32-25-17-21(10-13-23(25)26(29)30)19-8-11-22(12-9-19)31-16-14-27-18-24(28)20-6-4-3-5-7-20/h3-13,17,24,27-28H,2,14-16,18H2,1H3,(H,29,30)/t24-/m0/s1. The van der Waals surface area contributed by atoms with Crippen LogP contribution in [-0.4, -0.2) is 42.5 Å². The van der Waals surface area contributed by atoms with Crippen molar-refractivity contribution in [2.24, 2.45) is 0 Å². The highest BCUT2D eigenvalue weighted by atomic mass is 16.5. The fraction of sp³-hybridized carbons (Fsp3) is 0.269. The fourth-order valence-corrected chi connectivity index (χ4v) is 3.23. The Hall–Kier alpha value is -3.35. The number of hydrogen-bond donors (Lipinski definition) is 3. The van der Waals surface area contributed by atoms with Crippen LogP contribution in [0, 0.1) is 0 Å². The van der Waals surface area contributed by atoms with Gasteiger partial charge in [-0.25, -0.2) is 4.79 Å². The van der Waals surface area contributed by atoms with Gasteiger partial charge in [0.25, 0.3) is 0 Å². The minimum absolute atomic E-state index is 0.159. The van der Waals surface area contributed by atoms with Gasteiger partial charge in [0.05, 0.1) is 12.7 Å². The Kier molecular flexibility index (Phi) is 8.66. The van der Waals surface area contributed by atoms with Crippen LogP contribution in [0.3, 0.4) is 0 Å². The number of aliphatic hydroxyl groups excluding tert-OH is 1. The Morgan fingerprint density at radius 2 is 1.66 bits per heavy atom. The topological polar surface area (TPSA) is 88.0 Å². The Morgan fingerprint density at radius 1 is 0.938 bits per heavy atom. The number of hydrogen-bond acceptors (Lipinski definition) is 5. The van der Waals surface area contributed by atoms with Crippen molar-refractivity contribution in [3.8, 4) is 22.6 Å². The molecule has 1 atom stereocenters. The number of aromatic carboxylic acids is 1. The molecule has 0 aromatic heterocycles. The van der Waals surface area contributed by atoms with Crippen molar-refractivity contribution in [1.82, 2.24) is 5.32 Å². The van der Waals surface area contributed by atoms with Gasteiger partial charge in [0.1, 0.15) is 23.7 Å². The molecule has 3 N–H and O–H groups in total. The average Bonchev–Trinajstić information content (AvgIpc) is 2.83. The van der Waals surface area contributed by atoms with Gasteiger partial charge in [0.2, 0.25) is 0 Å². The van der Waals surface area contributed by atoms with Gasteiger partial charge >= 0.3 is 5.97 Å². The predicted octanol–water partition coefficient (Wildman–Crippen LogP) is 4.54. The summed E-state index contributed by atoms with van der Waals surface area (Å²) >= 11 is 0. The molecule has 0 aliphatic carbocycles. The third-order valence-corrected chi connectivity index (χ3v) is 4.93. The molecule has 3 rings (SSSR count). The molecule has 0 aliphatic heterocycles. The molecule has 3 aromatic carbocycles. The van der Waals surface area contributed by atoms with E-state index in [2.05, 4.69) is 5.32 Å². The van der Waals surface area contributed by atoms with E-state index < -0.39 is 12.1 Å². The second kappa shape index (κ2) is 11.9. The number of rotatable bonds is 12. The summed E-state index contributed by atoms with van der Waals surface area (Å²) in [7, 11) is 0. The summed E-state index contributed by atoms with van der Waals surface area (Å²) in [4.78, 5) is 11.4. The minimum atomic E-state index is -1.00. The number of ether oxygens (including phenoxy) is 2. The van der Waals surface area contributed by atoms with Crippen molar-refractivity contribution < 1.29 is 24.5 Å². The summed E-state index contributed by atoms with van der Waals surface area (Å²) in [5, 5.41) is 22.7. The van der Waals surface area contributed by atoms with Gasteiger partial charge in [-0.15, -0.1) is 0 Å². The molecular weight excluding hydrogens is 406 g/mol. The molecule has 6 nitrogen and oxygen atoms in total. The van der Waals surface area contributed by atoms with E-state index in [0.717, 1.165) is 28.9 Å². The SMILES string of the molecule is CCCOc1cc(-c2ccc(OCCNC[C@H](O)c3ccccc3)cc2)ccc1C(=O)O. The molecule has 0 bridgehead atoms. The molecule has 0 radical (unpaired) electrons. The maximum Gasteiger partial charge on any atom is 0.339 e. The lowest BCUT2D eigenvalue weighted by atomic mass is 10.0. The molecule has 0 unspecified atom stereocenters. The zero-order chi connectivity index (χ0) is 22.8. The van der Waals surface area contributed by atoms with Crippen molar-refractivity contribution in [3.63, 3.8) is 0 Å². The first-order valence-electron chi connectivity index (χ1n) is 10.8. The Bertz CT molecular complexity index is 989. The van der Waals surface area contributed by atoms with Crippen LogP contribution in [-0.2, 0) is 0 Å². The number of carbonyl (C=O) groups is 1. The monoisotopic (exact) mass is 435 g/mol. The molecule has 6 heteroatoms. The van der Waals surface area contributed by atoms with E-state index in [4.69, 9.17) is 9.47 Å². The lowest BCUT2D eigenvalue weighted by Crippen LogP contribution is -2.26. The molecule has 168 valence electrons. The largest absolute Gasteiger partial charge is 0.493 e. The van der Waals surface area contributed by atoms with Gasteiger partial charge in [-0.1, -0.05) is 55.5 Å². The van der Waals surface area contributed by atoms with Gasteiger partial charge in [-0.2, -0.15) is 0 Å². The summed E-state index contributed by atoms with van der Waals surface area (Å²) in [5.41, 5.74) is 2.87. The first-order valence-corrected chi connectivity index (χ1v) is 10.8. The molecule has 0 amide bonds. The molecule has 0 saturated carbocycles. The van der Waals surface area contributed by atoms with Crippen molar-refractivity contribution in [2.75, 3.05) is 26.3 Å². The van der Waals surface area contributed by atoms with E-state index in [1.807, 2.05) is 61.5 Å². The predicted molar refractivity (Wildman–Crippen MR) is 124 cm³/mol. The summed E-state index contributed by atoms with van der Waals surface area (Å²) in [6.45, 7) is 3.99. The lowest BCUT2D eigenvalue weighted by Gasteiger charge is -2.13. The number of benzene rings is 3. The highest BCUT2D eigenvalue weighted by molar-refractivity contribution is 5.92. The average molecular weight is 436 g/mol. The number of carboxylic acids is 1. The third-order valence-electron chi connectivity index (χ3n) is 4.93. The zero-order valence-electron chi connectivity index (χ0n) is 18.2. The maximum atomic E-state index is 11.4. The second-order valence-electron chi connectivity index (χ2n) is 7.37. The van der Waals surface area contributed by atoms with Crippen molar-refractivity contribution in [3.05, 3.63) is 83.9 Å². The maximum absolute atomic E-state index is 11.4. The van der Waals surface area contributed by atoms with Crippen LogP contribution in [0.25, 0.3) is 11.1 Å². The van der Waals surface area contributed by atoms with Crippen LogP contribution in [0.5, 0.6) is 11.5 Å². The van der Waals surface area contributed by atoms with Crippen molar-refractivity contribution in [1.29, 1.82) is 0 Å². The van der Waals surface area contributed by atoms with Crippen LogP contribution in [0.4, 0.5) is 0 Å². The Labute approximate surface area is 188 Å². The van der Waals surface area contributed by atoms with Crippen molar-refractivity contribution in [2.45, 2.75) is 19.4 Å². The molecule has 3 aromatic rings. The third kappa shape index (κ3) is 6.57. The second-order valence-corrected chi connectivity index (χ2v) is 7.37. The normalized spacial score (nSPS) is 11.7. The van der Waals surface area contributed by atoms with Crippen LogP contribution in [0.15, 0.2) is 72.8 Å². The van der Waals surface area contributed by atoms with Gasteiger partial charge in [-0.05, 0) is 47.4 Å². The van der Waals surface area contributed by atoms with Gasteiger partial charge in [0, 0.05) is 13.1 Å². The number of carboxylic acid groups (broad SMARTS) is 1. The Morgan fingerprint density at radius 3 is 2.34 bits per heavy atom. The quantitative estimate of drug-likeness (QED) is 0.362. The van der Waals surface area contributed by atoms with E-state index in [1.165, 1.54) is 0 Å². The van der Waals surface area contributed by atoms with Crippen LogP contribution in [0.1, 0.15) is 35.4 Å². The molecule has 0 heterocycles. The molecule has 0 aliphatic rings. The molecule has 0 saturated heterocycles. The van der Waals surface area contributed by atoms with Gasteiger partial charge < -0.3 is 25.0 Å². The number of aliphatic hydroxyl groups is 1. The van der Waals surface area contributed by atoms with Crippen LogP contribution in [0.2, 0.25) is 0 Å². The van der Waals surface area contributed by atoms with Crippen molar-refractivity contribution >= 4 is 5.97 Å². The summed E-state index contributed by atoms with van der Waals surface area (Å²) in [6.07, 6.45) is 0.254. The zero-order valence-corrected chi connectivity index (χ0v) is 18.2. The van der Waals surface area contributed by atoms with Crippen LogP contribution >= 0.6 is 0 Å². The molecular formula is C26H29NO5. The summed E-state index contributed by atoms with van der Waals surface area (Å²) < 4.78 is 11.4. The minimum Gasteiger partial charge on any atom is -0.493 e. The first-order chi connectivity index (χ1) is 15.6. The lowest BCUT2D eigenvalue weighted by molar-refractivity contribution is 0.0692. The van der Waals surface area contributed by atoms with Crippen LogP contribution < -0.4 is 14.8 Å². The Balaban J connectivity index is 1.51. The van der Waals surface area contributed by atoms with E-state index in [0.29, 0.717) is 32.1 Å². The smallest absolute Gasteiger partial charge is 0.339 e. The van der Waals surface area contributed by atoms with Gasteiger partial charge in [0.15, 0.2) is 0 Å². The van der Waals surface area contributed by atoms with E-state index in [-0.39, 0.29) is 5.56 Å². The highest BCUT2D eigenvalue weighted by Crippen LogP contribution is 2.29. The van der Waals surface area contributed by atoms with E-state index in [9.17, 15) is 15.0 Å². The van der Waals surface area contributed by atoms with Gasteiger partial charge in [-0.3, -0.25) is 0 Å². The highest BCUT2D eigenvalue weighted by Gasteiger charge is 2.13. The fourth-order valence-electron chi connectivity index (χ4n) is 3.23. The number of nitrogens with one attached hydrogen (secondary N) is 1. The summed E-state index contributed by atoms with van der Waals surface area (Å²) in [6, 6.07) is 22.3. The molecule has 0 fully saturated rings. The van der Waals surface area contributed by atoms with E-state index in [1.54, 1.807) is 18.2 Å².